The van der Waals surface area contributed by atoms with Crippen LogP contribution in [0.4, 0.5) is 4.79 Å². The first-order chi connectivity index (χ1) is 11.2. The number of hydrogen-bond donors (Lipinski definition) is 7. The standard InChI is InChI=1S/C12H23N7O5/c13-10(23)7(6-9(21)22)17-12(24)19-18-8(20)4-2-1-3-5-16-11(14)15/h7H,1-6H2,(H2,13,23)(H,18,20)(H,21,22)(H4,14,15,16)(H2,17,19,24)/t7-/m0/s1. The summed E-state index contributed by atoms with van der Waals surface area (Å²) in [5.41, 5.74) is 19.4. The topological polar surface area (TPSA) is 215 Å². The summed E-state index contributed by atoms with van der Waals surface area (Å²) >= 11 is 0. The monoisotopic (exact) mass is 345 g/mol. The number of aliphatic imine (C=N–C) groups is 1. The highest BCUT2D eigenvalue weighted by Gasteiger charge is 2.21. The molecule has 0 saturated heterocycles. The third-order valence-electron chi connectivity index (χ3n) is 2.70. The second-order valence-electron chi connectivity index (χ2n) is 4.82. The quantitative estimate of drug-likeness (QED) is 0.0974. The van der Waals surface area contributed by atoms with Crippen molar-refractivity contribution in [3.8, 4) is 0 Å². The molecule has 0 radical (unpaired) electrons. The number of nitrogens with one attached hydrogen (secondary N) is 3. The number of carboxylic acid groups (broad SMARTS) is 1. The molecule has 136 valence electrons. The van der Waals surface area contributed by atoms with Crippen LogP contribution < -0.4 is 33.4 Å². The molecule has 0 heterocycles. The first kappa shape index (κ1) is 20.9. The van der Waals surface area contributed by atoms with Crippen LogP contribution in [0.25, 0.3) is 0 Å². The molecule has 0 aromatic rings. The Balaban J connectivity index is 3.92. The van der Waals surface area contributed by atoms with Crippen molar-refractivity contribution in [1.29, 1.82) is 0 Å². The van der Waals surface area contributed by atoms with E-state index < -0.39 is 36.3 Å². The van der Waals surface area contributed by atoms with Gasteiger partial charge in [-0.05, 0) is 12.8 Å². The van der Waals surface area contributed by atoms with Crippen molar-refractivity contribution in [2.75, 3.05) is 6.54 Å². The van der Waals surface area contributed by atoms with Crippen LogP contribution >= 0.6 is 0 Å². The molecule has 12 nitrogen and oxygen atoms in total. The average molecular weight is 345 g/mol. The van der Waals surface area contributed by atoms with Gasteiger partial charge in [0.15, 0.2) is 5.96 Å². The van der Waals surface area contributed by atoms with Crippen LogP contribution in [0.5, 0.6) is 0 Å². The fraction of sp³-hybridized carbons (Fsp3) is 0.583. The normalized spacial score (nSPS) is 11.0. The number of nitrogens with two attached hydrogens (primary N) is 3. The fourth-order valence-corrected chi connectivity index (χ4v) is 1.56. The Morgan fingerprint density at radius 1 is 1.00 bits per heavy atom. The Bertz CT molecular complexity index is 490. The maximum absolute atomic E-state index is 11.5. The first-order valence-corrected chi connectivity index (χ1v) is 7.14. The number of rotatable bonds is 10. The van der Waals surface area contributed by atoms with Gasteiger partial charge in [0.2, 0.25) is 11.8 Å². The van der Waals surface area contributed by atoms with Crippen molar-refractivity contribution in [2.45, 2.75) is 38.1 Å². The molecule has 24 heavy (non-hydrogen) atoms. The van der Waals surface area contributed by atoms with Gasteiger partial charge in [0.25, 0.3) is 0 Å². The lowest BCUT2D eigenvalue weighted by atomic mass is 10.2. The minimum Gasteiger partial charge on any atom is -0.481 e. The minimum atomic E-state index is -1.38. The maximum Gasteiger partial charge on any atom is 0.334 e. The van der Waals surface area contributed by atoms with Gasteiger partial charge < -0.3 is 27.6 Å². The highest BCUT2D eigenvalue weighted by Crippen LogP contribution is 1.99. The van der Waals surface area contributed by atoms with E-state index in [0.717, 1.165) is 6.42 Å². The van der Waals surface area contributed by atoms with Crippen molar-refractivity contribution < 1.29 is 24.3 Å². The molecular formula is C12H23N7O5. The largest absolute Gasteiger partial charge is 0.481 e. The fourth-order valence-electron chi connectivity index (χ4n) is 1.56. The molecule has 0 unspecified atom stereocenters. The molecule has 12 heteroatoms. The summed E-state index contributed by atoms with van der Waals surface area (Å²) < 4.78 is 0. The number of carbonyl (C=O) groups excluding carboxylic acids is 3. The van der Waals surface area contributed by atoms with E-state index >= 15 is 0 Å². The number of urea groups is 1. The summed E-state index contributed by atoms with van der Waals surface area (Å²) in [5, 5.41) is 10.6. The van der Waals surface area contributed by atoms with Gasteiger partial charge in [-0.2, -0.15) is 0 Å². The van der Waals surface area contributed by atoms with Gasteiger partial charge in [-0.3, -0.25) is 24.8 Å². The van der Waals surface area contributed by atoms with Gasteiger partial charge in [-0.1, -0.05) is 6.42 Å². The molecule has 0 spiro atoms. The number of primary amides is 1. The van der Waals surface area contributed by atoms with Crippen molar-refractivity contribution in [3.05, 3.63) is 0 Å². The summed E-state index contributed by atoms with van der Waals surface area (Å²) in [6, 6.07) is -2.32. The molecule has 0 aromatic heterocycles. The van der Waals surface area contributed by atoms with E-state index in [4.69, 9.17) is 22.3 Å². The maximum atomic E-state index is 11.5. The molecule has 0 aliphatic rings. The minimum absolute atomic E-state index is 0.0140. The number of carbonyl (C=O) groups is 4. The van der Waals surface area contributed by atoms with E-state index in [1.807, 2.05) is 10.7 Å². The van der Waals surface area contributed by atoms with E-state index in [-0.39, 0.29) is 12.4 Å². The molecule has 0 rings (SSSR count). The summed E-state index contributed by atoms with van der Waals surface area (Å²) in [4.78, 5) is 48.2. The predicted molar refractivity (Wildman–Crippen MR) is 84.2 cm³/mol. The van der Waals surface area contributed by atoms with Crippen molar-refractivity contribution in [3.63, 3.8) is 0 Å². The van der Waals surface area contributed by atoms with Gasteiger partial charge in [-0.15, -0.1) is 0 Å². The van der Waals surface area contributed by atoms with Crippen LogP contribution in [-0.2, 0) is 14.4 Å². The van der Waals surface area contributed by atoms with E-state index in [2.05, 4.69) is 10.4 Å². The summed E-state index contributed by atoms with van der Waals surface area (Å²) in [6.07, 6.45) is 1.51. The molecular weight excluding hydrogens is 322 g/mol. The zero-order valence-electron chi connectivity index (χ0n) is 13.1. The van der Waals surface area contributed by atoms with Crippen molar-refractivity contribution in [2.24, 2.45) is 22.2 Å². The molecule has 4 amide bonds. The number of carboxylic acids is 1. The molecule has 0 aromatic carbocycles. The highest BCUT2D eigenvalue weighted by molar-refractivity contribution is 5.89. The summed E-state index contributed by atoms with van der Waals surface area (Å²) in [6.45, 7) is 0.475. The predicted octanol–water partition coefficient (Wildman–Crippen LogP) is -2.52. The van der Waals surface area contributed by atoms with E-state index in [1.54, 1.807) is 0 Å². The smallest absolute Gasteiger partial charge is 0.334 e. The molecule has 0 saturated carbocycles. The van der Waals surface area contributed by atoms with Crippen LogP contribution in [0.3, 0.4) is 0 Å². The zero-order chi connectivity index (χ0) is 18.5. The lowest BCUT2D eigenvalue weighted by molar-refractivity contribution is -0.139. The van der Waals surface area contributed by atoms with E-state index in [0.29, 0.717) is 19.4 Å². The van der Waals surface area contributed by atoms with Crippen LogP contribution in [0.15, 0.2) is 4.99 Å². The molecule has 0 fully saturated rings. The summed E-state index contributed by atoms with van der Waals surface area (Å²) in [7, 11) is 0. The third-order valence-corrected chi connectivity index (χ3v) is 2.70. The van der Waals surface area contributed by atoms with Crippen LogP contribution in [0, 0.1) is 0 Å². The van der Waals surface area contributed by atoms with Crippen molar-refractivity contribution >= 4 is 29.8 Å². The Kier molecular flexibility index (Phi) is 10.0. The van der Waals surface area contributed by atoms with E-state index in [9.17, 15) is 19.2 Å². The lowest BCUT2D eigenvalue weighted by Gasteiger charge is -2.14. The number of guanidine groups is 1. The zero-order valence-corrected chi connectivity index (χ0v) is 13.1. The molecule has 0 aliphatic heterocycles. The third kappa shape index (κ3) is 11.6. The number of hydrazine groups is 1. The van der Waals surface area contributed by atoms with E-state index in [1.165, 1.54) is 0 Å². The molecule has 10 N–H and O–H groups in total. The number of hydrogen-bond acceptors (Lipinski definition) is 5. The van der Waals surface area contributed by atoms with Gasteiger partial charge >= 0.3 is 12.0 Å². The number of aliphatic carboxylic acids is 1. The highest BCUT2D eigenvalue weighted by atomic mass is 16.4. The molecule has 0 bridgehead atoms. The van der Waals surface area contributed by atoms with Gasteiger partial charge in [-0.25, -0.2) is 10.2 Å². The number of unbranched alkanes of at least 4 members (excludes halogenated alkanes) is 2. The Morgan fingerprint density at radius 2 is 1.67 bits per heavy atom. The second kappa shape index (κ2) is 11.5. The van der Waals surface area contributed by atoms with Gasteiger partial charge in [0, 0.05) is 13.0 Å². The molecule has 0 aliphatic carbocycles. The van der Waals surface area contributed by atoms with Crippen molar-refractivity contribution in [1.82, 2.24) is 16.2 Å². The van der Waals surface area contributed by atoms with Gasteiger partial charge in [0.1, 0.15) is 6.04 Å². The molecule has 1 atom stereocenters. The Morgan fingerprint density at radius 3 is 2.21 bits per heavy atom. The number of amides is 4. The average Bonchev–Trinajstić information content (AvgIpc) is 2.47. The van der Waals surface area contributed by atoms with Crippen LogP contribution in [0.1, 0.15) is 32.1 Å². The van der Waals surface area contributed by atoms with Crippen LogP contribution in [-0.4, -0.2) is 47.5 Å². The van der Waals surface area contributed by atoms with Crippen LogP contribution in [0.2, 0.25) is 0 Å². The lowest BCUT2D eigenvalue weighted by Crippen LogP contribution is -2.53. The number of nitrogens with zero attached hydrogens (tertiary/aromatic N) is 1. The van der Waals surface area contributed by atoms with Gasteiger partial charge in [0.05, 0.1) is 6.42 Å². The SMILES string of the molecule is NC(=O)[C@H](CC(=O)O)NC(=O)NNC(=O)CCCCCN=C(N)N. The second-order valence-corrected chi connectivity index (χ2v) is 4.82. The first-order valence-electron chi connectivity index (χ1n) is 7.14. The Hall–Kier alpha value is -3.05. The Labute approximate surface area is 138 Å². The summed E-state index contributed by atoms with van der Waals surface area (Å²) in [5.74, 6) is -2.73.